The van der Waals surface area contributed by atoms with Gasteiger partial charge in [-0.15, -0.1) is 0 Å². The fourth-order valence-corrected chi connectivity index (χ4v) is 3.50. The molecule has 0 aliphatic carbocycles. The van der Waals surface area contributed by atoms with Crippen LogP contribution in [0.1, 0.15) is 30.5 Å². The second-order valence-electron chi connectivity index (χ2n) is 7.07. The largest absolute Gasteiger partial charge is 0.507 e. The molecule has 0 saturated carbocycles. The summed E-state index contributed by atoms with van der Waals surface area (Å²) >= 11 is 0. The lowest BCUT2D eigenvalue weighted by Gasteiger charge is -2.14. The number of rotatable bonds is 4. The van der Waals surface area contributed by atoms with Gasteiger partial charge in [-0.05, 0) is 84.5 Å². The highest BCUT2D eigenvalue weighted by atomic mass is 16.5. The Balaban J connectivity index is 2.11. The van der Waals surface area contributed by atoms with Gasteiger partial charge < -0.3 is 14.9 Å². The predicted molar refractivity (Wildman–Crippen MR) is 113 cm³/mol. The monoisotopic (exact) mass is 376 g/mol. The van der Waals surface area contributed by atoms with Crippen LogP contribution < -0.4 is 4.74 Å². The van der Waals surface area contributed by atoms with Crippen molar-refractivity contribution in [2.75, 3.05) is 7.11 Å². The molecule has 144 valence electrons. The molecule has 3 aromatic rings. The Bertz CT molecular complexity index is 1120. The van der Waals surface area contributed by atoms with Gasteiger partial charge in [0.2, 0.25) is 0 Å². The number of aromatic hydroxyl groups is 1. The third kappa shape index (κ3) is 3.33. The van der Waals surface area contributed by atoms with Crippen molar-refractivity contribution >= 4 is 22.3 Å². The standard InChI is InChI=1S/C24H24O4/c1-13-10-23(28-5)16(4)19-8-6-17(11-21(13)19)18-7-9-20(22(25)12-18)14(2)15(3)24(26)27/h6-12,25H,1-5H3,(H,26,27). The topological polar surface area (TPSA) is 66.8 Å². The van der Waals surface area contributed by atoms with Crippen LogP contribution in [-0.4, -0.2) is 23.3 Å². The van der Waals surface area contributed by atoms with Gasteiger partial charge in [-0.2, -0.15) is 0 Å². The molecule has 28 heavy (non-hydrogen) atoms. The number of hydrogen-bond acceptors (Lipinski definition) is 3. The van der Waals surface area contributed by atoms with Crippen molar-refractivity contribution in [3.63, 3.8) is 0 Å². The number of aryl methyl sites for hydroxylation is 2. The number of carboxylic acids is 1. The molecule has 0 aliphatic heterocycles. The minimum Gasteiger partial charge on any atom is -0.507 e. The number of allylic oxidation sites excluding steroid dienone is 1. The summed E-state index contributed by atoms with van der Waals surface area (Å²) in [6.07, 6.45) is 0. The van der Waals surface area contributed by atoms with Crippen LogP contribution >= 0.6 is 0 Å². The second kappa shape index (κ2) is 7.39. The van der Waals surface area contributed by atoms with Crippen molar-refractivity contribution in [2.24, 2.45) is 0 Å². The summed E-state index contributed by atoms with van der Waals surface area (Å²) < 4.78 is 5.46. The summed E-state index contributed by atoms with van der Waals surface area (Å²) in [7, 11) is 1.68. The summed E-state index contributed by atoms with van der Waals surface area (Å²) in [6.45, 7) is 7.33. The van der Waals surface area contributed by atoms with E-state index < -0.39 is 5.97 Å². The number of aliphatic carboxylic acids is 1. The lowest BCUT2D eigenvalue weighted by molar-refractivity contribution is -0.132. The Labute approximate surface area is 164 Å². The number of benzene rings is 3. The summed E-state index contributed by atoms with van der Waals surface area (Å²) in [5.41, 5.74) is 5.37. The van der Waals surface area contributed by atoms with E-state index in [0.29, 0.717) is 11.1 Å². The zero-order valence-electron chi connectivity index (χ0n) is 16.8. The number of hydrogen-bond donors (Lipinski definition) is 2. The average molecular weight is 376 g/mol. The first-order valence-electron chi connectivity index (χ1n) is 9.07. The molecule has 4 heteroatoms. The van der Waals surface area contributed by atoms with Crippen LogP contribution in [0.2, 0.25) is 0 Å². The number of carbonyl (C=O) groups is 1. The lowest BCUT2D eigenvalue weighted by atomic mass is 9.94. The fraction of sp³-hybridized carbons (Fsp3) is 0.208. The van der Waals surface area contributed by atoms with Crippen molar-refractivity contribution in [1.29, 1.82) is 0 Å². The molecule has 0 spiro atoms. The Morgan fingerprint density at radius 3 is 2.18 bits per heavy atom. The van der Waals surface area contributed by atoms with Gasteiger partial charge in [-0.3, -0.25) is 0 Å². The van der Waals surface area contributed by atoms with Crippen LogP contribution in [0.25, 0.3) is 27.5 Å². The van der Waals surface area contributed by atoms with E-state index in [1.807, 2.05) is 25.1 Å². The Morgan fingerprint density at radius 1 is 0.929 bits per heavy atom. The van der Waals surface area contributed by atoms with Crippen LogP contribution in [0.3, 0.4) is 0 Å². The normalized spacial score (nSPS) is 12.0. The Hall–Kier alpha value is -3.27. The molecule has 0 radical (unpaired) electrons. The third-order valence-corrected chi connectivity index (χ3v) is 5.40. The van der Waals surface area contributed by atoms with Crippen molar-refractivity contribution < 1.29 is 19.7 Å². The smallest absolute Gasteiger partial charge is 0.331 e. The Morgan fingerprint density at radius 2 is 1.57 bits per heavy atom. The molecular weight excluding hydrogens is 352 g/mol. The quantitative estimate of drug-likeness (QED) is 0.572. The summed E-state index contributed by atoms with van der Waals surface area (Å²) in [5, 5.41) is 21.9. The molecule has 0 bridgehead atoms. The molecule has 4 nitrogen and oxygen atoms in total. The van der Waals surface area contributed by atoms with E-state index in [1.54, 1.807) is 26.2 Å². The second-order valence-corrected chi connectivity index (χ2v) is 7.07. The average Bonchev–Trinajstić information content (AvgIpc) is 2.69. The molecule has 3 rings (SSSR count). The number of carboxylic acid groups (broad SMARTS) is 1. The van der Waals surface area contributed by atoms with Gasteiger partial charge in [-0.25, -0.2) is 4.79 Å². The van der Waals surface area contributed by atoms with Crippen LogP contribution in [0, 0.1) is 13.8 Å². The minimum atomic E-state index is -0.989. The van der Waals surface area contributed by atoms with Crippen LogP contribution in [-0.2, 0) is 4.79 Å². The fourth-order valence-electron chi connectivity index (χ4n) is 3.50. The van der Waals surface area contributed by atoms with Crippen molar-refractivity contribution in [1.82, 2.24) is 0 Å². The number of fused-ring (bicyclic) bond motifs is 1. The predicted octanol–water partition coefficient (Wildman–Crippen LogP) is 5.72. The molecule has 0 aliphatic rings. The van der Waals surface area contributed by atoms with Gasteiger partial charge in [0, 0.05) is 11.1 Å². The Kier molecular flexibility index (Phi) is 5.14. The van der Waals surface area contributed by atoms with E-state index in [-0.39, 0.29) is 11.3 Å². The van der Waals surface area contributed by atoms with Crippen LogP contribution in [0.15, 0.2) is 48.0 Å². The maximum atomic E-state index is 11.2. The van der Waals surface area contributed by atoms with E-state index in [4.69, 9.17) is 4.74 Å². The van der Waals surface area contributed by atoms with E-state index in [1.165, 1.54) is 6.92 Å². The van der Waals surface area contributed by atoms with Gasteiger partial charge in [-0.1, -0.05) is 24.3 Å². The molecular formula is C24H24O4. The first-order valence-corrected chi connectivity index (χ1v) is 9.07. The van der Waals surface area contributed by atoms with Crippen LogP contribution in [0.5, 0.6) is 11.5 Å². The highest BCUT2D eigenvalue weighted by Gasteiger charge is 2.13. The van der Waals surface area contributed by atoms with Crippen molar-refractivity contribution in [3.8, 4) is 22.6 Å². The van der Waals surface area contributed by atoms with Gasteiger partial charge >= 0.3 is 5.97 Å². The summed E-state index contributed by atoms with van der Waals surface area (Å²) in [6, 6.07) is 13.6. The first kappa shape index (κ1) is 19.5. The molecule has 0 unspecified atom stereocenters. The van der Waals surface area contributed by atoms with Gasteiger partial charge in [0.15, 0.2) is 0 Å². The molecule has 0 heterocycles. The van der Waals surface area contributed by atoms with E-state index in [0.717, 1.165) is 38.8 Å². The SMILES string of the molecule is COc1cc(C)c2cc(-c3ccc(C(C)=C(C)C(=O)O)c(O)c3)ccc2c1C. The maximum absolute atomic E-state index is 11.2. The van der Waals surface area contributed by atoms with Gasteiger partial charge in [0.05, 0.1) is 7.11 Å². The third-order valence-electron chi connectivity index (χ3n) is 5.40. The zero-order chi connectivity index (χ0) is 20.6. The molecule has 0 aromatic heterocycles. The number of phenolic OH excluding ortho intramolecular Hbond substituents is 1. The van der Waals surface area contributed by atoms with Crippen molar-refractivity contribution in [3.05, 3.63) is 64.7 Å². The van der Waals surface area contributed by atoms with Crippen LogP contribution in [0.4, 0.5) is 0 Å². The van der Waals surface area contributed by atoms with Gasteiger partial charge in [0.25, 0.3) is 0 Å². The summed E-state index contributed by atoms with van der Waals surface area (Å²) in [5.74, 6) is -0.0501. The number of phenols is 1. The molecule has 0 fully saturated rings. The molecule has 0 saturated heterocycles. The van der Waals surface area contributed by atoms with Gasteiger partial charge in [0.1, 0.15) is 11.5 Å². The zero-order valence-corrected chi connectivity index (χ0v) is 16.8. The number of methoxy groups -OCH3 is 1. The van der Waals surface area contributed by atoms with E-state index in [2.05, 4.69) is 19.1 Å². The highest BCUT2D eigenvalue weighted by Crippen LogP contribution is 2.36. The van der Waals surface area contributed by atoms with E-state index in [9.17, 15) is 15.0 Å². The lowest BCUT2D eigenvalue weighted by Crippen LogP contribution is -1.99. The molecule has 0 amide bonds. The van der Waals surface area contributed by atoms with Crippen molar-refractivity contribution in [2.45, 2.75) is 27.7 Å². The molecule has 0 atom stereocenters. The number of ether oxygens (including phenoxy) is 1. The first-order chi connectivity index (χ1) is 13.2. The van der Waals surface area contributed by atoms with E-state index >= 15 is 0 Å². The summed E-state index contributed by atoms with van der Waals surface area (Å²) in [4.78, 5) is 11.2. The molecule has 3 aromatic carbocycles. The highest BCUT2D eigenvalue weighted by molar-refractivity contribution is 5.97. The minimum absolute atomic E-state index is 0.0679. The molecule has 2 N–H and O–H groups in total. The maximum Gasteiger partial charge on any atom is 0.331 e.